The second-order valence-electron chi connectivity index (χ2n) is 4.61. The lowest BCUT2D eigenvalue weighted by atomic mass is 9.80. The first kappa shape index (κ1) is 12.6. The smallest absolute Gasteiger partial charge is 0.0276 e. The van der Waals surface area contributed by atoms with E-state index in [-0.39, 0.29) is 0 Å². The Labute approximate surface area is 92.2 Å². The molecule has 7 N–H and O–H groups in total. The summed E-state index contributed by atoms with van der Waals surface area (Å²) in [5.41, 5.74) is 15.4. The van der Waals surface area contributed by atoms with Gasteiger partial charge in [-0.25, -0.2) is 0 Å². The predicted molar refractivity (Wildman–Crippen MR) is 63.9 cm³/mol. The monoisotopic (exact) mass is 212 g/mol. The highest BCUT2D eigenvalue weighted by molar-refractivity contribution is 5.00. The van der Waals surface area contributed by atoms with E-state index in [1.807, 2.05) is 0 Å². The molecule has 1 unspecified atom stereocenters. The fourth-order valence-corrected chi connectivity index (χ4v) is 2.30. The molecule has 88 valence electrons. The molecule has 0 aromatic carbocycles. The highest BCUT2D eigenvalue weighted by atomic mass is 15.2. The molecule has 0 heterocycles. The van der Waals surface area contributed by atoms with Crippen LogP contribution in [0, 0.1) is 5.92 Å². The number of nitrogens with one attached hydrogen (secondary N) is 1. The summed E-state index contributed by atoms with van der Waals surface area (Å²) in [4.78, 5) is 0. The Bertz CT molecular complexity index is 197. The van der Waals surface area contributed by atoms with Crippen molar-refractivity contribution in [2.24, 2.45) is 23.2 Å². The third-order valence-electron chi connectivity index (χ3n) is 3.40. The van der Waals surface area contributed by atoms with Crippen LogP contribution in [0.25, 0.3) is 0 Å². The van der Waals surface area contributed by atoms with Crippen LogP contribution in [-0.2, 0) is 0 Å². The molecule has 1 fully saturated rings. The van der Waals surface area contributed by atoms with Crippen LogP contribution in [0.1, 0.15) is 32.1 Å². The van der Waals surface area contributed by atoms with E-state index < -0.39 is 0 Å². The summed E-state index contributed by atoms with van der Waals surface area (Å²) in [5.74, 6) is 6.20. The minimum atomic E-state index is 0.313. The van der Waals surface area contributed by atoms with Crippen molar-refractivity contribution < 1.29 is 0 Å². The average molecular weight is 212 g/mol. The van der Waals surface area contributed by atoms with Gasteiger partial charge in [-0.15, -0.1) is 0 Å². The van der Waals surface area contributed by atoms with Gasteiger partial charge in [0.15, 0.2) is 0 Å². The molecule has 0 spiro atoms. The Morgan fingerprint density at radius 3 is 2.40 bits per heavy atom. The van der Waals surface area contributed by atoms with Crippen LogP contribution in [0.3, 0.4) is 0 Å². The highest BCUT2D eigenvalue weighted by Crippen LogP contribution is 2.27. The minimum absolute atomic E-state index is 0.313. The summed E-state index contributed by atoms with van der Waals surface area (Å²) >= 11 is 0. The van der Waals surface area contributed by atoms with Crippen LogP contribution in [-0.4, -0.2) is 18.6 Å². The Morgan fingerprint density at radius 2 is 1.93 bits per heavy atom. The maximum Gasteiger partial charge on any atom is 0.0276 e. The van der Waals surface area contributed by atoms with Crippen molar-refractivity contribution in [3.05, 3.63) is 12.2 Å². The Kier molecular flexibility index (Phi) is 5.25. The average Bonchev–Trinajstić information content (AvgIpc) is 2.27. The second-order valence-corrected chi connectivity index (χ2v) is 4.61. The number of hydrogen-bond donors (Lipinski definition) is 4. The molecule has 0 aliphatic heterocycles. The highest BCUT2D eigenvalue weighted by Gasteiger charge is 2.25. The number of rotatable bonds is 5. The third-order valence-corrected chi connectivity index (χ3v) is 3.40. The fraction of sp³-hybridized carbons (Fsp3) is 0.818. The van der Waals surface area contributed by atoms with Gasteiger partial charge in [0, 0.05) is 18.6 Å². The van der Waals surface area contributed by atoms with E-state index in [1.54, 1.807) is 0 Å². The molecule has 15 heavy (non-hydrogen) atoms. The first-order valence-electron chi connectivity index (χ1n) is 5.75. The molecule has 4 heteroatoms. The lowest BCUT2D eigenvalue weighted by Crippen LogP contribution is -2.44. The molecule has 0 amide bonds. The maximum absolute atomic E-state index is 5.88. The minimum Gasteiger partial charge on any atom is -0.328 e. The number of hydrogen-bond acceptors (Lipinski definition) is 4. The summed E-state index contributed by atoms with van der Waals surface area (Å²) in [7, 11) is 0. The Morgan fingerprint density at radius 1 is 1.33 bits per heavy atom. The van der Waals surface area contributed by atoms with Crippen molar-refractivity contribution in [2.75, 3.05) is 6.54 Å². The van der Waals surface area contributed by atoms with Crippen molar-refractivity contribution in [2.45, 2.75) is 44.2 Å². The summed E-state index contributed by atoms with van der Waals surface area (Å²) in [5, 5.41) is 0. The molecule has 1 aliphatic rings. The molecule has 0 bridgehead atoms. The Balaban J connectivity index is 2.40. The van der Waals surface area contributed by atoms with E-state index in [2.05, 4.69) is 12.0 Å². The first-order chi connectivity index (χ1) is 7.17. The molecule has 1 saturated carbocycles. The van der Waals surface area contributed by atoms with Gasteiger partial charge < -0.3 is 11.5 Å². The van der Waals surface area contributed by atoms with Crippen LogP contribution in [0.4, 0.5) is 0 Å². The molecular formula is C11H24N4. The quantitative estimate of drug-likeness (QED) is 0.298. The molecule has 1 atom stereocenters. The van der Waals surface area contributed by atoms with E-state index in [0.717, 1.165) is 37.7 Å². The largest absolute Gasteiger partial charge is 0.328 e. The molecule has 0 saturated heterocycles. The van der Waals surface area contributed by atoms with E-state index >= 15 is 0 Å². The first-order valence-corrected chi connectivity index (χ1v) is 5.75. The van der Waals surface area contributed by atoms with Gasteiger partial charge in [-0.3, -0.25) is 11.3 Å². The molecular weight excluding hydrogens is 188 g/mol. The van der Waals surface area contributed by atoms with Crippen LogP contribution < -0.4 is 22.7 Å². The van der Waals surface area contributed by atoms with Crippen molar-refractivity contribution in [1.29, 1.82) is 0 Å². The lowest BCUT2D eigenvalue weighted by molar-refractivity contribution is 0.251. The van der Waals surface area contributed by atoms with Crippen LogP contribution in [0.2, 0.25) is 0 Å². The summed E-state index contributed by atoms with van der Waals surface area (Å²) in [6.07, 6.45) is 5.42. The van der Waals surface area contributed by atoms with Crippen molar-refractivity contribution >= 4 is 0 Å². The van der Waals surface area contributed by atoms with E-state index in [1.165, 1.54) is 0 Å². The number of hydrazine groups is 1. The predicted octanol–water partition coefficient (Wildman–Crippen LogP) is 0.241. The van der Waals surface area contributed by atoms with Crippen LogP contribution in [0.5, 0.6) is 0 Å². The van der Waals surface area contributed by atoms with E-state index in [9.17, 15) is 0 Å². The van der Waals surface area contributed by atoms with Crippen LogP contribution in [0.15, 0.2) is 12.2 Å². The zero-order chi connectivity index (χ0) is 11.3. The fourth-order valence-electron chi connectivity index (χ4n) is 2.30. The lowest BCUT2D eigenvalue weighted by Gasteiger charge is -2.32. The Hall–Kier alpha value is -0.420. The SMILES string of the molecule is C=C(CN)CC(NN)C1CCC(N)CC1. The molecule has 1 rings (SSSR count). The standard InChI is InChI=1S/C11H24N4/c1-8(7-12)6-11(15-14)9-2-4-10(13)5-3-9/h9-11,15H,1-7,12-14H2. The molecule has 4 nitrogen and oxygen atoms in total. The zero-order valence-corrected chi connectivity index (χ0v) is 9.41. The zero-order valence-electron chi connectivity index (χ0n) is 9.41. The maximum atomic E-state index is 5.88. The van der Waals surface area contributed by atoms with E-state index in [4.69, 9.17) is 17.3 Å². The van der Waals surface area contributed by atoms with Gasteiger partial charge in [-0.2, -0.15) is 0 Å². The van der Waals surface area contributed by atoms with Gasteiger partial charge in [0.2, 0.25) is 0 Å². The van der Waals surface area contributed by atoms with Gasteiger partial charge in [-0.1, -0.05) is 12.2 Å². The van der Waals surface area contributed by atoms with Crippen molar-refractivity contribution in [3.63, 3.8) is 0 Å². The van der Waals surface area contributed by atoms with Crippen LogP contribution >= 0.6 is 0 Å². The second kappa shape index (κ2) is 6.23. The van der Waals surface area contributed by atoms with Crippen molar-refractivity contribution in [1.82, 2.24) is 5.43 Å². The van der Waals surface area contributed by atoms with Crippen molar-refractivity contribution in [3.8, 4) is 0 Å². The molecule has 0 aromatic heterocycles. The normalized spacial score (nSPS) is 28.7. The van der Waals surface area contributed by atoms with Gasteiger partial charge in [0.05, 0.1) is 0 Å². The van der Waals surface area contributed by atoms with Gasteiger partial charge in [0.25, 0.3) is 0 Å². The molecule has 0 radical (unpaired) electrons. The summed E-state index contributed by atoms with van der Waals surface area (Å²) in [6, 6.07) is 0.700. The topological polar surface area (TPSA) is 90.1 Å². The third kappa shape index (κ3) is 3.91. The van der Waals surface area contributed by atoms with Gasteiger partial charge >= 0.3 is 0 Å². The summed E-state index contributed by atoms with van der Waals surface area (Å²) < 4.78 is 0. The molecule has 0 aromatic rings. The van der Waals surface area contributed by atoms with E-state index in [0.29, 0.717) is 24.5 Å². The van der Waals surface area contributed by atoms with Gasteiger partial charge in [-0.05, 0) is 38.0 Å². The number of nitrogens with two attached hydrogens (primary N) is 3. The molecule has 1 aliphatic carbocycles. The van der Waals surface area contributed by atoms with Gasteiger partial charge in [0.1, 0.15) is 0 Å². The summed E-state index contributed by atoms with van der Waals surface area (Å²) in [6.45, 7) is 4.47.